The van der Waals surface area contributed by atoms with Gasteiger partial charge in [-0.15, -0.1) is 12.4 Å². The van der Waals surface area contributed by atoms with Crippen LogP contribution in [-0.4, -0.2) is 10.7 Å². The van der Waals surface area contributed by atoms with E-state index in [4.69, 9.17) is 5.41 Å². The molecule has 1 aromatic rings. The number of halogens is 1. The molecule has 70 valence electrons. The highest BCUT2D eigenvalue weighted by molar-refractivity contribution is 6.01. The number of fused-ring (bicyclic) bond motifs is 1. The van der Waals surface area contributed by atoms with Gasteiger partial charge < -0.3 is 5.41 Å². The maximum Gasteiger partial charge on any atom is 0.0496 e. The molecule has 1 aliphatic carbocycles. The molecule has 0 aliphatic heterocycles. The summed E-state index contributed by atoms with van der Waals surface area (Å²) in [6.07, 6.45) is 4.88. The normalized spacial score (nSPS) is 14.7. The Kier molecular flexibility index (Phi) is 3.04. The predicted molar refractivity (Wildman–Crippen MR) is 56.0 cm³/mol. The van der Waals surface area contributed by atoms with E-state index in [1.807, 2.05) is 12.3 Å². The lowest BCUT2D eigenvalue weighted by atomic mass is 9.91. The average molecular weight is 197 g/mol. The minimum absolute atomic E-state index is 0. The molecule has 0 spiro atoms. The molecule has 0 saturated carbocycles. The maximum atomic E-state index is 7.77. The summed E-state index contributed by atoms with van der Waals surface area (Å²) in [5.41, 5.74) is 4.18. The first-order valence-corrected chi connectivity index (χ1v) is 4.31. The molecule has 0 atom stereocenters. The molecule has 0 bridgehead atoms. The Morgan fingerprint density at radius 2 is 2.15 bits per heavy atom. The van der Waals surface area contributed by atoms with Crippen molar-refractivity contribution in [2.24, 2.45) is 0 Å². The summed E-state index contributed by atoms with van der Waals surface area (Å²) < 4.78 is 0. The van der Waals surface area contributed by atoms with Crippen LogP contribution < -0.4 is 0 Å². The van der Waals surface area contributed by atoms with Crippen molar-refractivity contribution in [2.45, 2.75) is 26.2 Å². The molecule has 3 heteroatoms. The van der Waals surface area contributed by atoms with Crippen LogP contribution in [0.25, 0.3) is 0 Å². The summed E-state index contributed by atoms with van der Waals surface area (Å²) in [5.74, 6) is 0. The second kappa shape index (κ2) is 3.88. The van der Waals surface area contributed by atoms with E-state index in [1.54, 1.807) is 0 Å². The van der Waals surface area contributed by atoms with E-state index < -0.39 is 0 Å². The highest BCUT2D eigenvalue weighted by Gasteiger charge is 2.16. The molecular formula is C10H13ClN2. The standard InChI is InChI=1S/C10H12N2.ClH/c1-7-5-6-12-9-4-2-3-8(11)10(7)9;/h5-6,11H,2-4H2,1H3;1H. The average Bonchev–Trinajstić information content (AvgIpc) is 2.04. The molecule has 1 aromatic heterocycles. The summed E-state index contributed by atoms with van der Waals surface area (Å²) in [7, 11) is 0. The van der Waals surface area contributed by atoms with Crippen molar-refractivity contribution in [1.29, 1.82) is 5.41 Å². The number of aryl methyl sites for hydroxylation is 2. The van der Waals surface area contributed by atoms with Gasteiger partial charge in [0.05, 0.1) is 0 Å². The fourth-order valence-corrected chi connectivity index (χ4v) is 1.77. The first kappa shape index (κ1) is 10.2. The van der Waals surface area contributed by atoms with E-state index in [2.05, 4.69) is 11.9 Å². The van der Waals surface area contributed by atoms with E-state index in [-0.39, 0.29) is 12.4 Å². The van der Waals surface area contributed by atoms with Gasteiger partial charge in [-0.3, -0.25) is 4.98 Å². The second-order valence-electron chi connectivity index (χ2n) is 3.28. The van der Waals surface area contributed by atoms with Crippen LogP contribution in [0.15, 0.2) is 12.3 Å². The summed E-state index contributed by atoms with van der Waals surface area (Å²) in [6.45, 7) is 2.06. The Morgan fingerprint density at radius 1 is 1.38 bits per heavy atom. The molecule has 0 aromatic carbocycles. The van der Waals surface area contributed by atoms with Gasteiger partial charge in [0.2, 0.25) is 0 Å². The Hall–Kier alpha value is -0.890. The van der Waals surface area contributed by atoms with Gasteiger partial charge in [-0.2, -0.15) is 0 Å². The van der Waals surface area contributed by atoms with Crippen molar-refractivity contribution in [1.82, 2.24) is 4.98 Å². The molecule has 2 nitrogen and oxygen atoms in total. The van der Waals surface area contributed by atoms with Gasteiger partial charge in [-0.05, 0) is 37.8 Å². The number of nitrogens with one attached hydrogen (secondary N) is 1. The molecule has 1 aliphatic rings. The van der Waals surface area contributed by atoms with E-state index >= 15 is 0 Å². The first-order chi connectivity index (χ1) is 5.79. The smallest absolute Gasteiger partial charge is 0.0496 e. The highest BCUT2D eigenvalue weighted by Crippen LogP contribution is 2.21. The van der Waals surface area contributed by atoms with Crippen molar-refractivity contribution in [3.05, 3.63) is 29.1 Å². The van der Waals surface area contributed by atoms with E-state index in [0.29, 0.717) is 0 Å². The van der Waals surface area contributed by atoms with Crippen molar-refractivity contribution in [2.75, 3.05) is 0 Å². The van der Waals surface area contributed by atoms with Gasteiger partial charge in [0, 0.05) is 23.2 Å². The van der Waals surface area contributed by atoms with Crippen molar-refractivity contribution < 1.29 is 0 Å². The second-order valence-corrected chi connectivity index (χ2v) is 3.28. The van der Waals surface area contributed by atoms with E-state index in [9.17, 15) is 0 Å². The maximum absolute atomic E-state index is 7.77. The number of nitrogens with zero attached hydrogens (tertiary/aromatic N) is 1. The third-order valence-corrected chi connectivity index (χ3v) is 2.38. The van der Waals surface area contributed by atoms with Crippen molar-refractivity contribution >= 4 is 18.1 Å². The van der Waals surface area contributed by atoms with E-state index in [0.717, 1.165) is 36.2 Å². The van der Waals surface area contributed by atoms with Crippen LogP contribution in [0.5, 0.6) is 0 Å². The molecule has 0 fully saturated rings. The minimum Gasteiger partial charge on any atom is -0.305 e. The number of aromatic nitrogens is 1. The molecule has 13 heavy (non-hydrogen) atoms. The Labute approximate surface area is 84.3 Å². The fourth-order valence-electron chi connectivity index (χ4n) is 1.77. The Balaban J connectivity index is 0.000000845. The zero-order valence-electron chi connectivity index (χ0n) is 7.63. The largest absolute Gasteiger partial charge is 0.305 e. The van der Waals surface area contributed by atoms with Crippen LogP contribution >= 0.6 is 12.4 Å². The number of hydrogen-bond acceptors (Lipinski definition) is 2. The third-order valence-electron chi connectivity index (χ3n) is 2.38. The monoisotopic (exact) mass is 196 g/mol. The fraction of sp³-hybridized carbons (Fsp3) is 0.400. The topological polar surface area (TPSA) is 36.7 Å². The van der Waals surface area contributed by atoms with Crippen LogP contribution in [0.2, 0.25) is 0 Å². The number of hydrogen-bond donors (Lipinski definition) is 1. The lowest BCUT2D eigenvalue weighted by molar-refractivity contribution is 0.802. The van der Waals surface area contributed by atoms with Gasteiger partial charge in [0.25, 0.3) is 0 Å². The van der Waals surface area contributed by atoms with Crippen LogP contribution in [0.1, 0.15) is 29.7 Å². The summed E-state index contributed by atoms with van der Waals surface area (Å²) in [5, 5.41) is 7.77. The first-order valence-electron chi connectivity index (χ1n) is 4.31. The van der Waals surface area contributed by atoms with Crippen molar-refractivity contribution in [3.63, 3.8) is 0 Å². The van der Waals surface area contributed by atoms with Gasteiger partial charge >= 0.3 is 0 Å². The molecule has 0 amide bonds. The molecule has 1 N–H and O–H groups in total. The SMILES string of the molecule is Cc1ccnc2c1C(=N)CCC2.Cl. The number of rotatable bonds is 0. The van der Waals surface area contributed by atoms with Gasteiger partial charge in [-0.25, -0.2) is 0 Å². The van der Waals surface area contributed by atoms with Crippen LogP contribution in [-0.2, 0) is 6.42 Å². The van der Waals surface area contributed by atoms with Crippen LogP contribution in [0.4, 0.5) is 0 Å². The van der Waals surface area contributed by atoms with Crippen molar-refractivity contribution in [3.8, 4) is 0 Å². The van der Waals surface area contributed by atoms with Gasteiger partial charge in [-0.1, -0.05) is 0 Å². The Morgan fingerprint density at radius 3 is 2.85 bits per heavy atom. The lowest BCUT2D eigenvalue weighted by Crippen LogP contribution is -2.13. The summed E-state index contributed by atoms with van der Waals surface area (Å²) in [6, 6.07) is 1.98. The zero-order chi connectivity index (χ0) is 8.55. The summed E-state index contributed by atoms with van der Waals surface area (Å²) in [4.78, 5) is 4.29. The molecule has 0 radical (unpaired) electrons. The quantitative estimate of drug-likeness (QED) is 0.680. The highest BCUT2D eigenvalue weighted by atomic mass is 35.5. The molecule has 0 unspecified atom stereocenters. The van der Waals surface area contributed by atoms with E-state index in [1.165, 1.54) is 5.56 Å². The van der Waals surface area contributed by atoms with Gasteiger partial charge in [0.15, 0.2) is 0 Å². The zero-order valence-corrected chi connectivity index (χ0v) is 8.45. The third kappa shape index (κ3) is 1.73. The molecule has 0 saturated heterocycles. The lowest BCUT2D eigenvalue weighted by Gasteiger charge is -2.17. The van der Waals surface area contributed by atoms with Crippen LogP contribution in [0.3, 0.4) is 0 Å². The minimum atomic E-state index is 0. The molecule has 2 rings (SSSR count). The predicted octanol–water partition coefficient (Wildman–Crippen LogP) is 2.52. The Bertz CT molecular complexity index is 334. The molecular weight excluding hydrogens is 184 g/mol. The van der Waals surface area contributed by atoms with Crippen LogP contribution in [0, 0.1) is 12.3 Å². The number of pyridine rings is 1. The van der Waals surface area contributed by atoms with Gasteiger partial charge in [0.1, 0.15) is 0 Å². The summed E-state index contributed by atoms with van der Waals surface area (Å²) >= 11 is 0. The molecule has 1 heterocycles.